The summed E-state index contributed by atoms with van der Waals surface area (Å²) in [5.41, 5.74) is 3.91. The average Bonchev–Trinajstić information content (AvgIpc) is 3.12. The summed E-state index contributed by atoms with van der Waals surface area (Å²) in [4.78, 5) is 27.0. The highest BCUT2D eigenvalue weighted by Crippen LogP contribution is 2.29. The van der Waals surface area contributed by atoms with Crippen molar-refractivity contribution in [1.82, 2.24) is 0 Å². The highest BCUT2D eigenvalue weighted by molar-refractivity contribution is 6.09. The molecule has 1 aliphatic rings. The third kappa shape index (κ3) is 3.09. The second-order valence-corrected chi connectivity index (χ2v) is 6.24. The fourth-order valence-corrected chi connectivity index (χ4v) is 3.23. The van der Waals surface area contributed by atoms with E-state index in [-0.39, 0.29) is 11.8 Å². The number of hydrogen-bond acceptors (Lipinski definition) is 2. The molecule has 0 aliphatic carbocycles. The van der Waals surface area contributed by atoms with Crippen molar-refractivity contribution in [3.63, 3.8) is 0 Å². The Kier molecular flexibility index (Phi) is 4.23. The van der Waals surface area contributed by atoms with Crippen LogP contribution in [0.5, 0.6) is 0 Å². The number of carbonyl (C=O) groups is 2. The molecule has 26 heavy (non-hydrogen) atoms. The van der Waals surface area contributed by atoms with Crippen LogP contribution in [-0.4, -0.2) is 18.4 Å². The fourth-order valence-electron chi connectivity index (χ4n) is 3.23. The summed E-state index contributed by atoms with van der Waals surface area (Å²) >= 11 is 0. The van der Waals surface area contributed by atoms with Crippen LogP contribution in [0.15, 0.2) is 78.9 Å². The first-order valence-corrected chi connectivity index (χ1v) is 8.58. The third-order valence-electron chi connectivity index (χ3n) is 4.54. The molecule has 0 aromatic heterocycles. The summed E-state index contributed by atoms with van der Waals surface area (Å²) in [6, 6.07) is 24.1. The molecule has 0 saturated carbocycles. The number of rotatable bonds is 3. The predicted octanol–water partition coefficient (Wildman–Crippen LogP) is 4.14. The SMILES string of the molecule is O=C(Nc1cccc(C(=O)N2CCc3ccccc32)c1)c1ccccc1. The average molecular weight is 342 g/mol. The Balaban J connectivity index is 1.55. The molecule has 4 nitrogen and oxygen atoms in total. The van der Waals surface area contributed by atoms with E-state index in [1.807, 2.05) is 36.4 Å². The molecule has 0 saturated heterocycles. The van der Waals surface area contributed by atoms with Crippen molar-refractivity contribution >= 4 is 23.2 Å². The molecule has 1 aliphatic heterocycles. The lowest BCUT2D eigenvalue weighted by Gasteiger charge is -2.18. The number of fused-ring (bicyclic) bond motifs is 1. The summed E-state index contributed by atoms with van der Waals surface area (Å²) in [6.07, 6.45) is 0.867. The van der Waals surface area contributed by atoms with Crippen LogP contribution in [0.3, 0.4) is 0 Å². The van der Waals surface area contributed by atoms with E-state index in [4.69, 9.17) is 0 Å². The number of para-hydroxylation sites is 1. The van der Waals surface area contributed by atoms with Gasteiger partial charge in [-0.05, 0) is 48.4 Å². The highest BCUT2D eigenvalue weighted by atomic mass is 16.2. The summed E-state index contributed by atoms with van der Waals surface area (Å²) in [5, 5.41) is 2.85. The topological polar surface area (TPSA) is 49.4 Å². The summed E-state index contributed by atoms with van der Waals surface area (Å²) < 4.78 is 0. The van der Waals surface area contributed by atoms with Gasteiger partial charge in [0, 0.05) is 29.0 Å². The first-order valence-electron chi connectivity index (χ1n) is 8.58. The van der Waals surface area contributed by atoms with Gasteiger partial charge < -0.3 is 10.2 Å². The molecule has 4 rings (SSSR count). The maximum atomic E-state index is 12.9. The minimum atomic E-state index is -0.193. The molecule has 1 heterocycles. The zero-order chi connectivity index (χ0) is 17.9. The molecule has 0 radical (unpaired) electrons. The lowest BCUT2D eigenvalue weighted by atomic mass is 10.1. The monoisotopic (exact) mass is 342 g/mol. The van der Waals surface area contributed by atoms with Crippen LogP contribution >= 0.6 is 0 Å². The molecule has 0 fully saturated rings. The first kappa shape index (κ1) is 16.1. The van der Waals surface area contributed by atoms with Gasteiger partial charge >= 0.3 is 0 Å². The van der Waals surface area contributed by atoms with Crippen LogP contribution in [0.2, 0.25) is 0 Å². The zero-order valence-corrected chi connectivity index (χ0v) is 14.2. The molecule has 0 bridgehead atoms. The summed E-state index contributed by atoms with van der Waals surface area (Å²) in [5.74, 6) is -0.243. The number of carbonyl (C=O) groups excluding carboxylic acids is 2. The Bertz CT molecular complexity index is 967. The first-order chi connectivity index (χ1) is 12.7. The van der Waals surface area contributed by atoms with Crippen LogP contribution in [0.4, 0.5) is 11.4 Å². The Morgan fingerprint density at radius 1 is 0.808 bits per heavy atom. The zero-order valence-electron chi connectivity index (χ0n) is 14.2. The van der Waals surface area contributed by atoms with Gasteiger partial charge in [-0.3, -0.25) is 9.59 Å². The molecule has 0 spiro atoms. The maximum Gasteiger partial charge on any atom is 0.258 e. The normalized spacial score (nSPS) is 12.5. The van der Waals surface area contributed by atoms with Crippen molar-refractivity contribution in [2.45, 2.75) is 6.42 Å². The van der Waals surface area contributed by atoms with E-state index >= 15 is 0 Å². The van der Waals surface area contributed by atoms with Gasteiger partial charge in [0.25, 0.3) is 11.8 Å². The summed E-state index contributed by atoms with van der Waals surface area (Å²) in [7, 11) is 0. The van der Waals surface area contributed by atoms with E-state index in [9.17, 15) is 9.59 Å². The fraction of sp³-hybridized carbons (Fsp3) is 0.0909. The van der Waals surface area contributed by atoms with Gasteiger partial charge in [-0.2, -0.15) is 0 Å². The van der Waals surface area contributed by atoms with Gasteiger partial charge in [0.1, 0.15) is 0 Å². The van der Waals surface area contributed by atoms with Gasteiger partial charge in [-0.25, -0.2) is 0 Å². The molecule has 1 N–H and O–H groups in total. The molecule has 3 aromatic carbocycles. The molecule has 3 aromatic rings. The molecule has 4 heteroatoms. The van der Waals surface area contributed by atoms with E-state index in [2.05, 4.69) is 11.4 Å². The molecular formula is C22H18N2O2. The van der Waals surface area contributed by atoms with Crippen LogP contribution < -0.4 is 10.2 Å². The van der Waals surface area contributed by atoms with Crippen LogP contribution in [0, 0.1) is 0 Å². The van der Waals surface area contributed by atoms with E-state index in [1.165, 1.54) is 5.56 Å². The van der Waals surface area contributed by atoms with Crippen molar-refractivity contribution in [3.05, 3.63) is 95.6 Å². The molecule has 0 unspecified atom stereocenters. The Morgan fingerprint density at radius 2 is 1.54 bits per heavy atom. The van der Waals surface area contributed by atoms with Gasteiger partial charge in [0.2, 0.25) is 0 Å². The minimum Gasteiger partial charge on any atom is -0.322 e. The molecular weight excluding hydrogens is 324 g/mol. The maximum absolute atomic E-state index is 12.9. The Hall–Kier alpha value is -3.40. The molecule has 128 valence electrons. The van der Waals surface area contributed by atoms with Crippen molar-refractivity contribution in [3.8, 4) is 0 Å². The van der Waals surface area contributed by atoms with Gasteiger partial charge in [-0.1, -0.05) is 42.5 Å². The van der Waals surface area contributed by atoms with Crippen molar-refractivity contribution in [2.24, 2.45) is 0 Å². The van der Waals surface area contributed by atoms with Crippen molar-refractivity contribution in [1.29, 1.82) is 0 Å². The van der Waals surface area contributed by atoms with Crippen LogP contribution in [0.25, 0.3) is 0 Å². The predicted molar refractivity (Wildman–Crippen MR) is 103 cm³/mol. The number of nitrogens with one attached hydrogen (secondary N) is 1. The lowest BCUT2D eigenvalue weighted by molar-refractivity contribution is 0.0986. The second kappa shape index (κ2) is 6.84. The quantitative estimate of drug-likeness (QED) is 0.778. The number of benzene rings is 3. The number of amides is 2. The Labute approximate surface area is 152 Å². The summed E-state index contributed by atoms with van der Waals surface area (Å²) in [6.45, 7) is 0.679. The van der Waals surface area contributed by atoms with Crippen LogP contribution in [0.1, 0.15) is 26.3 Å². The number of anilines is 2. The number of nitrogens with zero attached hydrogens (tertiary/aromatic N) is 1. The van der Waals surface area contributed by atoms with E-state index in [0.717, 1.165) is 12.1 Å². The van der Waals surface area contributed by atoms with Gasteiger partial charge in [0.05, 0.1) is 0 Å². The standard InChI is InChI=1S/C22H18N2O2/c25-21(17-8-2-1-3-9-17)23-19-11-6-10-18(15-19)22(26)24-14-13-16-7-4-5-12-20(16)24/h1-12,15H,13-14H2,(H,23,25). The largest absolute Gasteiger partial charge is 0.322 e. The van der Waals surface area contributed by atoms with Gasteiger partial charge in [0.15, 0.2) is 0 Å². The Morgan fingerprint density at radius 3 is 2.38 bits per heavy atom. The third-order valence-corrected chi connectivity index (χ3v) is 4.54. The lowest BCUT2D eigenvalue weighted by Crippen LogP contribution is -2.28. The molecule has 0 atom stereocenters. The van der Waals surface area contributed by atoms with E-state index in [1.54, 1.807) is 41.3 Å². The van der Waals surface area contributed by atoms with E-state index in [0.29, 0.717) is 23.4 Å². The minimum absolute atomic E-state index is 0.0502. The number of hydrogen-bond donors (Lipinski definition) is 1. The van der Waals surface area contributed by atoms with E-state index < -0.39 is 0 Å². The van der Waals surface area contributed by atoms with Gasteiger partial charge in [-0.15, -0.1) is 0 Å². The molecule has 2 amide bonds. The van der Waals surface area contributed by atoms with Crippen LogP contribution in [-0.2, 0) is 6.42 Å². The van der Waals surface area contributed by atoms with Crippen molar-refractivity contribution < 1.29 is 9.59 Å². The van der Waals surface area contributed by atoms with Crippen molar-refractivity contribution in [2.75, 3.05) is 16.8 Å². The highest BCUT2D eigenvalue weighted by Gasteiger charge is 2.25. The second-order valence-electron chi connectivity index (χ2n) is 6.24. The smallest absolute Gasteiger partial charge is 0.258 e.